The van der Waals surface area contributed by atoms with Crippen molar-refractivity contribution in [1.29, 1.82) is 0 Å². The fourth-order valence-electron chi connectivity index (χ4n) is 3.45. The molecule has 0 heterocycles. The number of likely N-dealkylation sites (N-methyl/N-ethyl adjacent to an activating group) is 1. The summed E-state index contributed by atoms with van der Waals surface area (Å²) >= 11 is 0. The lowest BCUT2D eigenvalue weighted by Gasteiger charge is -2.20. The van der Waals surface area contributed by atoms with Crippen molar-refractivity contribution in [2.24, 2.45) is 5.92 Å². The number of carbonyl (C=O) groups is 2. The minimum atomic E-state index is -0.322. The van der Waals surface area contributed by atoms with E-state index in [2.05, 4.69) is 24.1 Å². The first-order valence-corrected chi connectivity index (χ1v) is 9.91. The molecule has 0 unspecified atom stereocenters. The van der Waals surface area contributed by atoms with E-state index in [1.54, 1.807) is 24.3 Å². The molecule has 1 aliphatic rings. The maximum absolute atomic E-state index is 12.2. The number of rotatable bonds is 9. The molecule has 2 rings (SSSR count). The van der Waals surface area contributed by atoms with Gasteiger partial charge in [-0.2, -0.15) is 0 Å². The predicted octanol–water partition coefficient (Wildman–Crippen LogP) is 4.09. The summed E-state index contributed by atoms with van der Waals surface area (Å²) in [6.45, 7) is 7.21. The van der Waals surface area contributed by atoms with Crippen LogP contribution in [0.4, 0.5) is 5.69 Å². The van der Waals surface area contributed by atoms with Crippen molar-refractivity contribution in [3.63, 3.8) is 0 Å². The molecule has 0 spiro atoms. The number of ether oxygens (including phenoxy) is 1. The zero-order chi connectivity index (χ0) is 18.8. The van der Waals surface area contributed by atoms with Gasteiger partial charge in [-0.05, 0) is 56.1 Å². The molecule has 1 fully saturated rings. The molecule has 144 valence electrons. The molecule has 1 aliphatic carbocycles. The normalized spacial score (nSPS) is 15.0. The highest BCUT2D eigenvalue weighted by Crippen LogP contribution is 2.26. The summed E-state index contributed by atoms with van der Waals surface area (Å²) in [7, 11) is 0. The molecule has 1 N–H and O–H groups in total. The number of nitrogens with one attached hydrogen (secondary N) is 1. The number of amides is 1. The highest BCUT2D eigenvalue weighted by molar-refractivity contribution is 5.93. The van der Waals surface area contributed by atoms with Crippen LogP contribution in [0.25, 0.3) is 0 Å². The summed E-state index contributed by atoms with van der Waals surface area (Å²) in [5, 5.41) is 2.93. The SMILES string of the molecule is CCN(CC)CCOC(=O)c1ccc(NC(=O)CC2CCCCC2)cc1. The first kappa shape index (κ1) is 20.4. The Morgan fingerprint density at radius 1 is 1.08 bits per heavy atom. The molecule has 1 amide bonds. The second kappa shape index (κ2) is 11.0. The smallest absolute Gasteiger partial charge is 0.338 e. The van der Waals surface area contributed by atoms with E-state index in [0.717, 1.165) is 38.2 Å². The molecule has 0 radical (unpaired) electrons. The molecule has 5 nitrogen and oxygen atoms in total. The number of hydrogen-bond acceptors (Lipinski definition) is 4. The van der Waals surface area contributed by atoms with Crippen LogP contribution in [0.3, 0.4) is 0 Å². The van der Waals surface area contributed by atoms with Crippen molar-refractivity contribution in [2.45, 2.75) is 52.4 Å². The van der Waals surface area contributed by atoms with Gasteiger partial charge in [-0.15, -0.1) is 0 Å². The largest absolute Gasteiger partial charge is 0.461 e. The molecule has 1 saturated carbocycles. The zero-order valence-corrected chi connectivity index (χ0v) is 16.1. The number of benzene rings is 1. The number of anilines is 1. The molecule has 0 atom stereocenters. The topological polar surface area (TPSA) is 58.6 Å². The maximum atomic E-state index is 12.2. The third-order valence-electron chi connectivity index (χ3n) is 5.14. The molecule has 0 aromatic heterocycles. The lowest BCUT2D eigenvalue weighted by atomic mass is 9.87. The first-order valence-electron chi connectivity index (χ1n) is 9.91. The van der Waals surface area contributed by atoms with E-state index in [-0.39, 0.29) is 11.9 Å². The molecule has 26 heavy (non-hydrogen) atoms. The highest BCUT2D eigenvalue weighted by Gasteiger charge is 2.17. The quantitative estimate of drug-likeness (QED) is 0.674. The van der Waals surface area contributed by atoms with Crippen LogP contribution < -0.4 is 5.32 Å². The van der Waals surface area contributed by atoms with Gasteiger partial charge in [0.1, 0.15) is 6.61 Å². The van der Waals surface area contributed by atoms with Gasteiger partial charge in [0.25, 0.3) is 0 Å². The summed E-state index contributed by atoms with van der Waals surface area (Å²) in [5.41, 5.74) is 1.24. The van der Waals surface area contributed by atoms with Crippen LogP contribution >= 0.6 is 0 Å². The fourth-order valence-corrected chi connectivity index (χ4v) is 3.45. The zero-order valence-electron chi connectivity index (χ0n) is 16.1. The first-order chi connectivity index (χ1) is 12.6. The van der Waals surface area contributed by atoms with E-state index in [1.807, 2.05) is 0 Å². The average Bonchev–Trinajstić information content (AvgIpc) is 2.66. The third-order valence-corrected chi connectivity index (χ3v) is 5.14. The van der Waals surface area contributed by atoms with Crippen molar-refractivity contribution in [1.82, 2.24) is 4.90 Å². The van der Waals surface area contributed by atoms with Gasteiger partial charge >= 0.3 is 5.97 Å². The summed E-state index contributed by atoms with van der Waals surface area (Å²) in [6, 6.07) is 6.94. The summed E-state index contributed by atoms with van der Waals surface area (Å²) in [5.74, 6) is 0.257. The van der Waals surface area contributed by atoms with Gasteiger partial charge in [0.2, 0.25) is 5.91 Å². The Kier molecular flexibility index (Phi) is 8.62. The van der Waals surface area contributed by atoms with Crippen LogP contribution in [0.1, 0.15) is 62.7 Å². The molecular weight excluding hydrogens is 328 g/mol. The molecule has 0 saturated heterocycles. The Morgan fingerprint density at radius 2 is 1.73 bits per heavy atom. The predicted molar refractivity (Wildman–Crippen MR) is 104 cm³/mol. The summed E-state index contributed by atoms with van der Waals surface area (Å²) < 4.78 is 5.32. The van der Waals surface area contributed by atoms with Crippen LogP contribution in [-0.2, 0) is 9.53 Å². The Morgan fingerprint density at radius 3 is 2.35 bits per heavy atom. The van der Waals surface area contributed by atoms with E-state index in [1.165, 1.54) is 19.3 Å². The van der Waals surface area contributed by atoms with Crippen molar-refractivity contribution >= 4 is 17.6 Å². The van der Waals surface area contributed by atoms with Gasteiger partial charge in [0.05, 0.1) is 5.56 Å². The van der Waals surface area contributed by atoms with Gasteiger partial charge in [-0.3, -0.25) is 4.79 Å². The molecule has 1 aromatic carbocycles. The Balaban J connectivity index is 1.75. The lowest BCUT2D eigenvalue weighted by Crippen LogP contribution is -2.27. The fraction of sp³-hybridized carbons (Fsp3) is 0.619. The number of nitrogens with zero attached hydrogens (tertiary/aromatic N) is 1. The Hall–Kier alpha value is -1.88. The van der Waals surface area contributed by atoms with Gasteiger partial charge in [0, 0.05) is 18.7 Å². The van der Waals surface area contributed by atoms with Gasteiger partial charge < -0.3 is 15.0 Å². The molecule has 5 heteroatoms. The maximum Gasteiger partial charge on any atom is 0.338 e. The molecule has 0 bridgehead atoms. The van der Waals surface area contributed by atoms with E-state index in [4.69, 9.17) is 4.74 Å². The van der Waals surface area contributed by atoms with Gasteiger partial charge in [-0.25, -0.2) is 4.79 Å². The van der Waals surface area contributed by atoms with E-state index >= 15 is 0 Å². The molecule has 1 aromatic rings. The van der Waals surface area contributed by atoms with E-state index in [0.29, 0.717) is 24.5 Å². The highest BCUT2D eigenvalue weighted by atomic mass is 16.5. The summed E-state index contributed by atoms with van der Waals surface area (Å²) in [4.78, 5) is 26.4. The van der Waals surface area contributed by atoms with Crippen molar-refractivity contribution < 1.29 is 14.3 Å². The number of esters is 1. The second-order valence-corrected chi connectivity index (χ2v) is 7.00. The van der Waals surface area contributed by atoms with Crippen LogP contribution in [0.5, 0.6) is 0 Å². The van der Waals surface area contributed by atoms with E-state index < -0.39 is 0 Å². The minimum absolute atomic E-state index is 0.0615. The van der Waals surface area contributed by atoms with Crippen LogP contribution in [-0.4, -0.2) is 43.0 Å². The number of hydrogen-bond donors (Lipinski definition) is 1. The van der Waals surface area contributed by atoms with Crippen molar-refractivity contribution in [3.05, 3.63) is 29.8 Å². The van der Waals surface area contributed by atoms with Gasteiger partial charge in [0.15, 0.2) is 0 Å². The van der Waals surface area contributed by atoms with Crippen molar-refractivity contribution in [2.75, 3.05) is 31.6 Å². The Labute approximate surface area is 157 Å². The standard InChI is InChI=1S/C21H32N2O3/c1-3-23(4-2)14-15-26-21(25)18-10-12-19(13-11-18)22-20(24)16-17-8-6-5-7-9-17/h10-13,17H,3-9,14-16H2,1-2H3,(H,22,24). The monoisotopic (exact) mass is 360 g/mol. The number of carbonyl (C=O) groups excluding carboxylic acids is 2. The minimum Gasteiger partial charge on any atom is -0.461 e. The average molecular weight is 360 g/mol. The Bertz CT molecular complexity index is 561. The van der Waals surface area contributed by atoms with Crippen molar-refractivity contribution in [3.8, 4) is 0 Å². The molecule has 0 aliphatic heterocycles. The second-order valence-electron chi connectivity index (χ2n) is 7.00. The van der Waals surface area contributed by atoms with Gasteiger partial charge in [-0.1, -0.05) is 33.1 Å². The van der Waals surface area contributed by atoms with Crippen LogP contribution in [0.2, 0.25) is 0 Å². The lowest BCUT2D eigenvalue weighted by molar-refractivity contribution is -0.117. The molecular formula is C21H32N2O3. The van der Waals surface area contributed by atoms with Crippen LogP contribution in [0.15, 0.2) is 24.3 Å². The van der Waals surface area contributed by atoms with E-state index in [9.17, 15) is 9.59 Å². The summed E-state index contributed by atoms with van der Waals surface area (Å²) in [6.07, 6.45) is 6.68. The third kappa shape index (κ3) is 6.79. The van der Waals surface area contributed by atoms with Crippen LogP contribution in [0, 0.1) is 5.92 Å².